The molecule has 0 radical (unpaired) electrons. The van der Waals surface area contributed by atoms with Gasteiger partial charge in [-0.3, -0.25) is 0 Å². The largest absolute Gasteiger partial charge is 0.507 e. The van der Waals surface area contributed by atoms with Crippen LogP contribution in [0.2, 0.25) is 0 Å². The van der Waals surface area contributed by atoms with Crippen molar-refractivity contribution in [2.24, 2.45) is 0 Å². The van der Waals surface area contributed by atoms with E-state index in [-0.39, 0.29) is 18.0 Å². The van der Waals surface area contributed by atoms with Gasteiger partial charge in [0.2, 0.25) is 10.0 Å². The summed E-state index contributed by atoms with van der Waals surface area (Å²) in [6.45, 7) is 2.13. The predicted octanol–water partition coefficient (Wildman–Crippen LogP) is 2.30. The molecule has 6 nitrogen and oxygen atoms in total. The quantitative estimate of drug-likeness (QED) is 0.844. The summed E-state index contributed by atoms with van der Waals surface area (Å²) in [7, 11) is -3.86. The Morgan fingerprint density at radius 1 is 1.13 bits per heavy atom. The first-order valence-corrected chi connectivity index (χ1v) is 8.40. The summed E-state index contributed by atoms with van der Waals surface area (Å²) >= 11 is 0. The fourth-order valence-electron chi connectivity index (χ4n) is 2.15. The van der Waals surface area contributed by atoms with Crippen LogP contribution in [0.3, 0.4) is 0 Å². The Bertz CT molecular complexity index is 802. The number of nitrogens with zero attached hydrogens (tertiary/aromatic N) is 1. The Kier molecular flexibility index (Phi) is 5.02. The lowest BCUT2D eigenvalue weighted by Crippen LogP contribution is -2.30. The average molecular weight is 335 g/mol. The second kappa shape index (κ2) is 6.80. The van der Waals surface area contributed by atoms with Crippen molar-refractivity contribution in [1.29, 1.82) is 0 Å². The van der Waals surface area contributed by atoms with Crippen LogP contribution in [0.4, 0.5) is 0 Å². The molecule has 0 unspecified atom stereocenters. The third kappa shape index (κ3) is 3.69. The Labute approximate surface area is 134 Å². The van der Waals surface area contributed by atoms with E-state index in [1.807, 2.05) is 30.3 Å². The molecule has 0 fully saturated rings. The summed E-state index contributed by atoms with van der Waals surface area (Å²) in [6.07, 6.45) is 0. The average Bonchev–Trinajstić information content (AvgIpc) is 2.53. The highest BCUT2D eigenvalue weighted by Gasteiger charge is 2.25. The van der Waals surface area contributed by atoms with Crippen molar-refractivity contribution < 1.29 is 23.4 Å². The molecule has 0 amide bonds. The minimum absolute atomic E-state index is 0.162. The first kappa shape index (κ1) is 17.0. The topological polar surface area (TPSA) is 94.9 Å². The van der Waals surface area contributed by atoms with Crippen molar-refractivity contribution in [3.63, 3.8) is 0 Å². The van der Waals surface area contributed by atoms with E-state index in [9.17, 15) is 18.3 Å². The highest BCUT2D eigenvalue weighted by atomic mass is 32.2. The summed E-state index contributed by atoms with van der Waals surface area (Å²) in [5.41, 5.74) is 0.386. The fourth-order valence-corrected chi connectivity index (χ4v) is 3.61. The second-order valence-corrected chi connectivity index (χ2v) is 6.84. The van der Waals surface area contributed by atoms with Crippen LogP contribution in [0.1, 0.15) is 22.8 Å². The zero-order valence-corrected chi connectivity index (χ0v) is 13.3. The van der Waals surface area contributed by atoms with Crippen LogP contribution < -0.4 is 0 Å². The van der Waals surface area contributed by atoms with Crippen molar-refractivity contribution in [3.8, 4) is 5.75 Å². The van der Waals surface area contributed by atoms with Crippen molar-refractivity contribution in [1.82, 2.24) is 4.31 Å². The van der Waals surface area contributed by atoms with Crippen molar-refractivity contribution >= 4 is 16.0 Å². The first-order valence-electron chi connectivity index (χ1n) is 6.96. The van der Waals surface area contributed by atoms with Gasteiger partial charge in [0.1, 0.15) is 11.3 Å². The summed E-state index contributed by atoms with van der Waals surface area (Å²) in [5.74, 6) is -1.85. The van der Waals surface area contributed by atoms with E-state index in [1.165, 1.54) is 10.4 Å². The minimum atomic E-state index is -3.86. The SMILES string of the molecule is CCN(Cc1ccccc1)S(=O)(=O)c1ccc(O)c(C(=O)O)c1. The van der Waals surface area contributed by atoms with Crippen LogP contribution in [0.15, 0.2) is 53.4 Å². The molecule has 0 aliphatic heterocycles. The number of hydrogen-bond donors (Lipinski definition) is 2. The van der Waals surface area contributed by atoms with E-state index >= 15 is 0 Å². The van der Waals surface area contributed by atoms with Gasteiger partial charge in [0.25, 0.3) is 0 Å². The molecule has 0 saturated carbocycles. The molecule has 2 aromatic rings. The van der Waals surface area contributed by atoms with Crippen LogP contribution >= 0.6 is 0 Å². The molecule has 0 aromatic heterocycles. The molecular weight excluding hydrogens is 318 g/mol. The lowest BCUT2D eigenvalue weighted by Gasteiger charge is -2.21. The smallest absolute Gasteiger partial charge is 0.339 e. The molecule has 122 valence electrons. The monoisotopic (exact) mass is 335 g/mol. The Morgan fingerprint density at radius 3 is 2.35 bits per heavy atom. The van der Waals surface area contributed by atoms with Gasteiger partial charge in [-0.2, -0.15) is 4.31 Å². The standard InChI is InChI=1S/C16H17NO5S/c1-2-17(11-12-6-4-3-5-7-12)23(21,22)13-8-9-15(18)14(10-13)16(19)20/h3-10,18H,2,11H2,1H3,(H,19,20). The van der Waals surface area contributed by atoms with E-state index in [1.54, 1.807) is 6.92 Å². The molecule has 0 heterocycles. The van der Waals surface area contributed by atoms with Gasteiger partial charge in [-0.25, -0.2) is 13.2 Å². The van der Waals surface area contributed by atoms with Crippen LogP contribution in [0.25, 0.3) is 0 Å². The molecule has 0 spiro atoms. The minimum Gasteiger partial charge on any atom is -0.507 e. The second-order valence-electron chi connectivity index (χ2n) is 4.90. The highest BCUT2D eigenvalue weighted by Crippen LogP contribution is 2.24. The van der Waals surface area contributed by atoms with Crippen molar-refractivity contribution in [2.45, 2.75) is 18.4 Å². The Hall–Kier alpha value is -2.38. The summed E-state index contributed by atoms with van der Waals surface area (Å²) in [5, 5.41) is 18.5. The molecule has 2 aromatic carbocycles. The molecule has 0 saturated heterocycles. The Morgan fingerprint density at radius 2 is 1.78 bits per heavy atom. The maximum atomic E-state index is 12.7. The van der Waals surface area contributed by atoms with Gasteiger partial charge in [0.05, 0.1) is 4.90 Å². The fraction of sp³-hybridized carbons (Fsp3) is 0.188. The van der Waals surface area contributed by atoms with E-state index in [0.29, 0.717) is 0 Å². The zero-order valence-electron chi connectivity index (χ0n) is 12.5. The summed E-state index contributed by atoms with van der Waals surface area (Å²) < 4.78 is 26.7. The van der Waals surface area contributed by atoms with Crippen LogP contribution in [-0.2, 0) is 16.6 Å². The normalized spacial score (nSPS) is 11.6. The van der Waals surface area contributed by atoms with Crippen LogP contribution in [-0.4, -0.2) is 35.5 Å². The van der Waals surface area contributed by atoms with Gasteiger partial charge in [-0.05, 0) is 23.8 Å². The number of hydrogen-bond acceptors (Lipinski definition) is 4. The number of carboxylic acids is 1. The number of benzene rings is 2. The molecule has 0 bridgehead atoms. The van der Waals surface area contributed by atoms with Gasteiger partial charge in [0.15, 0.2) is 0 Å². The van der Waals surface area contributed by atoms with Gasteiger partial charge in [-0.15, -0.1) is 0 Å². The number of aromatic hydroxyl groups is 1. The van der Waals surface area contributed by atoms with Gasteiger partial charge in [0, 0.05) is 13.1 Å². The number of aromatic carboxylic acids is 1. The number of rotatable bonds is 6. The number of carboxylic acid groups (broad SMARTS) is 1. The molecule has 23 heavy (non-hydrogen) atoms. The summed E-state index contributed by atoms with van der Waals surface area (Å²) in [6, 6.07) is 12.4. The van der Waals surface area contributed by atoms with E-state index in [0.717, 1.165) is 17.7 Å². The third-order valence-corrected chi connectivity index (χ3v) is 5.31. The van der Waals surface area contributed by atoms with Crippen LogP contribution in [0.5, 0.6) is 5.75 Å². The molecule has 7 heteroatoms. The van der Waals surface area contributed by atoms with Gasteiger partial charge in [-0.1, -0.05) is 37.3 Å². The van der Waals surface area contributed by atoms with Crippen LogP contribution in [0, 0.1) is 0 Å². The lowest BCUT2D eigenvalue weighted by molar-refractivity contribution is 0.0693. The highest BCUT2D eigenvalue weighted by molar-refractivity contribution is 7.89. The van der Waals surface area contributed by atoms with Crippen molar-refractivity contribution in [2.75, 3.05) is 6.54 Å². The third-order valence-electron chi connectivity index (χ3n) is 3.39. The molecule has 2 rings (SSSR count). The van der Waals surface area contributed by atoms with Crippen molar-refractivity contribution in [3.05, 3.63) is 59.7 Å². The predicted molar refractivity (Wildman–Crippen MR) is 84.8 cm³/mol. The van der Waals surface area contributed by atoms with Gasteiger partial charge < -0.3 is 10.2 Å². The maximum absolute atomic E-state index is 12.7. The van der Waals surface area contributed by atoms with E-state index in [2.05, 4.69) is 0 Å². The first-order chi connectivity index (χ1) is 10.9. The molecular formula is C16H17NO5S. The van der Waals surface area contributed by atoms with E-state index < -0.39 is 27.3 Å². The molecule has 0 aliphatic carbocycles. The maximum Gasteiger partial charge on any atom is 0.339 e. The van der Waals surface area contributed by atoms with E-state index in [4.69, 9.17) is 5.11 Å². The number of sulfonamides is 1. The lowest BCUT2D eigenvalue weighted by atomic mass is 10.2. The zero-order chi connectivity index (χ0) is 17.0. The van der Waals surface area contributed by atoms with Gasteiger partial charge >= 0.3 is 5.97 Å². The Balaban J connectivity index is 2.39. The molecule has 0 aliphatic rings. The summed E-state index contributed by atoms with van der Waals surface area (Å²) in [4.78, 5) is 10.9. The number of carbonyl (C=O) groups is 1. The molecule has 2 N–H and O–H groups in total. The molecule has 0 atom stereocenters. The number of phenols is 1.